The smallest absolute Gasteiger partial charge is 0.119 e. The molecule has 0 bridgehead atoms. The number of hydrogen-bond acceptors (Lipinski definition) is 3. The fraction of sp³-hybridized carbons (Fsp3) is 0.438. The highest BCUT2D eigenvalue weighted by Crippen LogP contribution is 2.29. The normalized spacial score (nSPS) is 10.8. The third kappa shape index (κ3) is 2.85. The minimum absolute atomic E-state index is 0.810. The van der Waals surface area contributed by atoms with Gasteiger partial charge in [-0.05, 0) is 43.7 Å². The molecule has 1 N–H and O–H groups in total. The van der Waals surface area contributed by atoms with E-state index in [-0.39, 0.29) is 0 Å². The lowest BCUT2D eigenvalue weighted by Crippen LogP contribution is -2.07. The summed E-state index contributed by atoms with van der Waals surface area (Å²) < 4.78 is 7.39. The van der Waals surface area contributed by atoms with Gasteiger partial charge in [-0.25, -0.2) is 0 Å². The molecule has 0 fully saturated rings. The molecular formula is C16H23N3O. The standard InChI is InChI=1S/C16H23N3O/c1-5-8-19-12(2)16(11-18-19)15-7-6-14(20-4)9-13(15)10-17-3/h6-7,9,11,17H,5,8,10H2,1-4H3. The Bertz CT molecular complexity index is 575. The monoisotopic (exact) mass is 273 g/mol. The van der Waals surface area contributed by atoms with Gasteiger partial charge < -0.3 is 10.1 Å². The molecule has 4 nitrogen and oxygen atoms in total. The van der Waals surface area contributed by atoms with Crippen molar-refractivity contribution in [2.45, 2.75) is 33.4 Å². The van der Waals surface area contributed by atoms with Crippen LogP contribution in [0.25, 0.3) is 11.1 Å². The molecule has 0 atom stereocenters. The Balaban J connectivity index is 2.45. The summed E-state index contributed by atoms with van der Waals surface area (Å²) in [6, 6.07) is 6.21. The van der Waals surface area contributed by atoms with E-state index in [2.05, 4.69) is 41.1 Å². The molecule has 4 heteroatoms. The van der Waals surface area contributed by atoms with Crippen molar-refractivity contribution >= 4 is 0 Å². The summed E-state index contributed by atoms with van der Waals surface area (Å²) in [4.78, 5) is 0. The Labute approximate surface area is 120 Å². The lowest BCUT2D eigenvalue weighted by molar-refractivity contribution is 0.414. The van der Waals surface area contributed by atoms with Gasteiger partial charge >= 0.3 is 0 Å². The van der Waals surface area contributed by atoms with Gasteiger partial charge in [0.05, 0.1) is 13.3 Å². The molecule has 2 aromatic rings. The number of nitrogens with zero attached hydrogens (tertiary/aromatic N) is 2. The number of nitrogens with one attached hydrogen (secondary N) is 1. The van der Waals surface area contributed by atoms with Crippen molar-refractivity contribution in [2.24, 2.45) is 0 Å². The van der Waals surface area contributed by atoms with Crippen molar-refractivity contribution in [1.82, 2.24) is 15.1 Å². The van der Waals surface area contributed by atoms with Crippen molar-refractivity contribution in [3.8, 4) is 16.9 Å². The lowest BCUT2D eigenvalue weighted by atomic mass is 10.00. The summed E-state index contributed by atoms with van der Waals surface area (Å²) >= 11 is 0. The van der Waals surface area contributed by atoms with E-state index in [1.807, 2.05) is 19.3 Å². The maximum atomic E-state index is 5.32. The molecule has 0 spiro atoms. The molecule has 1 aromatic heterocycles. The Hall–Kier alpha value is -1.81. The molecule has 0 aliphatic heterocycles. The summed E-state index contributed by atoms with van der Waals surface area (Å²) in [6.07, 6.45) is 3.06. The van der Waals surface area contributed by atoms with Crippen molar-refractivity contribution in [3.05, 3.63) is 35.7 Å². The van der Waals surface area contributed by atoms with Crippen molar-refractivity contribution in [1.29, 1.82) is 0 Å². The van der Waals surface area contributed by atoms with E-state index in [4.69, 9.17) is 4.74 Å². The van der Waals surface area contributed by atoms with E-state index in [0.717, 1.165) is 25.3 Å². The van der Waals surface area contributed by atoms with E-state index in [0.29, 0.717) is 0 Å². The highest BCUT2D eigenvalue weighted by Gasteiger charge is 2.12. The maximum absolute atomic E-state index is 5.32. The Morgan fingerprint density at radius 2 is 2.10 bits per heavy atom. The van der Waals surface area contributed by atoms with Crippen molar-refractivity contribution in [2.75, 3.05) is 14.2 Å². The lowest BCUT2D eigenvalue weighted by Gasteiger charge is -2.11. The number of methoxy groups -OCH3 is 1. The van der Waals surface area contributed by atoms with Crippen LogP contribution in [-0.2, 0) is 13.1 Å². The van der Waals surface area contributed by atoms with Crippen LogP contribution >= 0.6 is 0 Å². The summed E-state index contributed by atoms with van der Waals surface area (Å²) in [7, 11) is 3.65. The van der Waals surface area contributed by atoms with E-state index in [1.165, 1.54) is 22.4 Å². The van der Waals surface area contributed by atoms with Gasteiger partial charge in [0.25, 0.3) is 0 Å². The Morgan fingerprint density at radius 1 is 1.30 bits per heavy atom. The first-order chi connectivity index (χ1) is 9.71. The first-order valence-corrected chi connectivity index (χ1v) is 7.05. The van der Waals surface area contributed by atoms with E-state index in [1.54, 1.807) is 7.11 Å². The summed E-state index contributed by atoms with van der Waals surface area (Å²) in [6.45, 7) is 6.07. The molecule has 20 heavy (non-hydrogen) atoms. The second-order valence-electron chi connectivity index (χ2n) is 4.92. The molecule has 0 saturated carbocycles. The maximum Gasteiger partial charge on any atom is 0.119 e. The number of aryl methyl sites for hydroxylation is 1. The fourth-order valence-electron chi connectivity index (χ4n) is 2.44. The second-order valence-corrected chi connectivity index (χ2v) is 4.92. The van der Waals surface area contributed by atoms with Gasteiger partial charge in [0.1, 0.15) is 5.75 Å². The van der Waals surface area contributed by atoms with Gasteiger partial charge in [0, 0.05) is 24.3 Å². The van der Waals surface area contributed by atoms with E-state index < -0.39 is 0 Å². The zero-order chi connectivity index (χ0) is 14.5. The van der Waals surface area contributed by atoms with Crippen LogP contribution in [0.4, 0.5) is 0 Å². The second kappa shape index (κ2) is 6.57. The fourth-order valence-corrected chi connectivity index (χ4v) is 2.44. The molecule has 0 aliphatic carbocycles. The molecule has 1 heterocycles. The van der Waals surface area contributed by atoms with Crippen LogP contribution in [0.5, 0.6) is 5.75 Å². The zero-order valence-electron chi connectivity index (χ0n) is 12.7. The van der Waals surface area contributed by atoms with Crippen LogP contribution < -0.4 is 10.1 Å². The molecular weight excluding hydrogens is 250 g/mol. The van der Waals surface area contributed by atoms with E-state index >= 15 is 0 Å². The van der Waals surface area contributed by atoms with Crippen LogP contribution in [0.3, 0.4) is 0 Å². The predicted octanol–water partition coefficient (Wildman–Crippen LogP) is 3.00. The number of hydrogen-bond donors (Lipinski definition) is 1. The topological polar surface area (TPSA) is 39.1 Å². The summed E-state index contributed by atoms with van der Waals surface area (Å²) in [5, 5.41) is 7.70. The Morgan fingerprint density at radius 3 is 2.75 bits per heavy atom. The first-order valence-electron chi connectivity index (χ1n) is 7.05. The molecule has 2 rings (SSSR count). The summed E-state index contributed by atoms with van der Waals surface area (Å²) in [5.41, 5.74) is 4.87. The van der Waals surface area contributed by atoms with Gasteiger partial charge in [-0.1, -0.05) is 13.0 Å². The average molecular weight is 273 g/mol. The van der Waals surface area contributed by atoms with Crippen LogP contribution in [0.15, 0.2) is 24.4 Å². The van der Waals surface area contributed by atoms with E-state index in [9.17, 15) is 0 Å². The van der Waals surface area contributed by atoms with Gasteiger partial charge in [-0.3, -0.25) is 4.68 Å². The van der Waals surface area contributed by atoms with Gasteiger partial charge in [-0.15, -0.1) is 0 Å². The van der Waals surface area contributed by atoms with Crippen LogP contribution in [0.1, 0.15) is 24.6 Å². The number of benzene rings is 1. The third-order valence-electron chi connectivity index (χ3n) is 3.51. The number of ether oxygens (including phenoxy) is 1. The molecule has 1 aromatic carbocycles. The van der Waals surface area contributed by atoms with Crippen molar-refractivity contribution < 1.29 is 4.74 Å². The molecule has 0 saturated heterocycles. The predicted molar refractivity (Wildman–Crippen MR) is 82.0 cm³/mol. The molecule has 108 valence electrons. The van der Waals surface area contributed by atoms with Gasteiger partial charge in [0.2, 0.25) is 0 Å². The number of aromatic nitrogens is 2. The largest absolute Gasteiger partial charge is 0.497 e. The highest BCUT2D eigenvalue weighted by atomic mass is 16.5. The van der Waals surface area contributed by atoms with Crippen LogP contribution in [-0.4, -0.2) is 23.9 Å². The molecule has 0 radical (unpaired) electrons. The van der Waals surface area contributed by atoms with Crippen LogP contribution in [0.2, 0.25) is 0 Å². The SMILES string of the molecule is CCCn1ncc(-c2ccc(OC)cc2CNC)c1C. The first kappa shape index (κ1) is 14.6. The minimum Gasteiger partial charge on any atom is -0.497 e. The molecule has 0 aliphatic rings. The molecule has 0 unspecified atom stereocenters. The summed E-state index contributed by atoms with van der Waals surface area (Å²) in [5.74, 6) is 0.887. The Kier molecular flexibility index (Phi) is 4.79. The third-order valence-corrected chi connectivity index (χ3v) is 3.51. The van der Waals surface area contributed by atoms with Crippen molar-refractivity contribution in [3.63, 3.8) is 0 Å². The van der Waals surface area contributed by atoms with Gasteiger partial charge in [0.15, 0.2) is 0 Å². The molecule has 0 amide bonds. The number of rotatable bonds is 6. The van der Waals surface area contributed by atoms with Crippen LogP contribution in [0, 0.1) is 6.92 Å². The van der Waals surface area contributed by atoms with Gasteiger partial charge in [-0.2, -0.15) is 5.10 Å². The quantitative estimate of drug-likeness (QED) is 0.879. The minimum atomic E-state index is 0.810. The average Bonchev–Trinajstić information content (AvgIpc) is 2.81. The highest BCUT2D eigenvalue weighted by molar-refractivity contribution is 5.70. The zero-order valence-corrected chi connectivity index (χ0v) is 12.7.